The first-order valence-electron chi connectivity index (χ1n) is 8.04. The molecule has 1 unspecified atom stereocenters. The molecule has 1 atom stereocenters. The Morgan fingerprint density at radius 2 is 1.90 bits per heavy atom. The number of hydrogen-bond acceptors (Lipinski definition) is 2. The molecule has 1 heterocycles. The van der Waals surface area contributed by atoms with Crippen molar-refractivity contribution in [3.63, 3.8) is 0 Å². The van der Waals surface area contributed by atoms with Gasteiger partial charge in [-0.3, -0.25) is 0 Å². The fourth-order valence-corrected chi connectivity index (χ4v) is 5.07. The van der Waals surface area contributed by atoms with Gasteiger partial charge in [0.05, 0.1) is 8.67 Å². The molecule has 2 rings (SSSR count). The van der Waals surface area contributed by atoms with E-state index in [1.54, 1.807) is 0 Å². The number of halogens is 2. The second kappa shape index (κ2) is 7.21. The molecule has 1 aromatic rings. The van der Waals surface area contributed by atoms with E-state index in [9.17, 15) is 0 Å². The van der Waals surface area contributed by atoms with Gasteiger partial charge < -0.3 is 5.32 Å². The zero-order valence-electron chi connectivity index (χ0n) is 13.5. The lowest BCUT2D eigenvalue weighted by atomic mass is 9.69. The van der Waals surface area contributed by atoms with Crippen molar-refractivity contribution in [2.75, 3.05) is 0 Å². The maximum atomic E-state index is 6.25. The average Bonchev–Trinajstić information content (AvgIpc) is 2.78. The van der Waals surface area contributed by atoms with Gasteiger partial charge in [-0.15, -0.1) is 11.3 Å². The van der Waals surface area contributed by atoms with Gasteiger partial charge in [-0.1, -0.05) is 50.4 Å². The average molecular weight is 348 g/mol. The molecule has 1 aliphatic carbocycles. The topological polar surface area (TPSA) is 12.0 Å². The molecule has 1 nitrogen and oxygen atoms in total. The molecule has 1 aliphatic rings. The minimum absolute atomic E-state index is 0.280. The third kappa shape index (κ3) is 4.37. The van der Waals surface area contributed by atoms with E-state index in [0.29, 0.717) is 11.5 Å². The largest absolute Gasteiger partial charge is 0.307 e. The Morgan fingerprint density at radius 3 is 2.38 bits per heavy atom. The smallest absolute Gasteiger partial charge is 0.0991 e. The van der Waals surface area contributed by atoms with Gasteiger partial charge in [-0.25, -0.2) is 0 Å². The lowest BCUT2D eigenvalue weighted by molar-refractivity contribution is 0.134. The Labute approximate surface area is 143 Å². The molecule has 0 spiro atoms. The van der Waals surface area contributed by atoms with Crippen molar-refractivity contribution in [1.29, 1.82) is 0 Å². The van der Waals surface area contributed by atoms with E-state index in [2.05, 4.69) is 33.0 Å². The molecular formula is C17H27Cl2NS. The Morgan fingerprint density at radius 1 is 1.29 bits per heavy atom. The Kier molecular flexibility index (Phi) is 6.04. The Bertz CT molecular complexity index is 461. The van der Waals surface area contributed by atoms with E-state index in [1.807, 2.05) is 6.07 Å². The van der Waals surface area contributed by atoms with E-state index < -0.39 is 0 Å². The van der Waals surface area contributed by atoms with Crippen LogP contribution in [0.25, 0.3) is 0 Å². The SMILES string of the molecule is CCC(C)(C)C1CCC(NC(C)c2cc(Cl)sc2Cl)CC1. The standard InChI is InChI=1S/C17H27Cl2NS/c1-5-17(3,4)12-6-8-13(9-7-12)20-11(2)14-10-15(18)21-16(14)19/h10-13,20H,5-9H2,1-4H3. The van der Waals surface area contributed by atoms with Crippen LogP contribution in [-0.4, -0.2) is 6.04 Å². The third-order valence-corrected chi connectivity index (χ3v) is 6.90. The van der Waals surface area contributed by atoms with Crippen molar-refractivity contribution < 1.29 is 0 Å². The van der Waals surface area contributed by atoms with Crippen LogP contribution in [-0.2, 0) is 0 Å². The zero-order chi connectivity index (χ0) is 15.6. The summed E-state index contributed by atoms with van der Waals surface area (Å²) in [5.41, 5.74) is 1.63. The number of nitrogens with one attached hydrogen (secondary N) is 1. The van der Waals surface area contributed by atoms with Crippen LogP contribution >= 0.6 is 34.5 Å². The highest BCUT2D eigenvalue weighted by molar-refractivity contribution is 7.20. The third-order valence-electron chi connectivity index (χ3n) is 5.38. The summed E-state index contributed by atoms with van der Waals surface area (Å²) in [4.78, 5) is 0. The van der Waals surface area contributed by atoms with E-state index in [1.165, 1.54) is 43.4 Å². The van der Waals surface area contributed by atoms with Gasteiger partial charge in [0.2, 0.25) is 0 Å². The normalized spacial score (nSPS) is 25.0. The van der Waals surface area contributed by atoms with Crippen LogP contribution in [0.2, 0.25) is 8.67 Å². The van der Waals surface area contributed by atoms with Gasteiger partial charge >= 0.3 is 0 Å². The van der Waals surface area contributed by atoms with Gasteiger partial charge in [0.1, 0.15) is 0 Å². The molecule has 0 saturated heterocycles. The minimum atomic E-state index is 0.280. The van der Waals surface area contributed by atoms with Crippen LogP contribution in [0.5, 0.6) is 0 Å². The zero-order valence-corrected chi connectivity index (χ0v) is 15.8. The monoisotopic (exact) mass is 347 g/mol. The second-order valence-corrected chi connectivity index (χ2v) is 9.34. The van der Waals surface area contributed by atoms with Crippen molar-refractivity contribution in [2.45, 2.75) is 71.9 Å². The summed E-state index contributed by atoms with van der Waals surface area (Å²) < 4.78 is 1.60. The summed E-state index contributed by atoms with van der Waals surface area (Å²) in [5.74, 6) is 0.870. The van der Waals surface area contributed by atoms with Gasteiger partial charge in [0.25, 0.3) is 0 Å². The van der Waals surface area contributed by atoms with Crippen molar-refractivity contribution >= 4 is 34.5 Å². The predicted octanol–water partition coefficient (Wildman–Crippen LogP) is 6.70. The molecule has 0 aliphatic heterocycles. The quantitative estimate of drug-likeness (QED) is 0.624. The summed E-state index contributed by atoms with van der Waals surface area (Å²) >= 11 is 13.8. The van der Waals surface area contributed by atoms with Crippen LogP contribution in [0, 0.1) is 11.3 Å². The van der Waals surface area contributed by atoms with Gasteiger partial charge in [0.15, 0.2) is 0 Å². The number of rotatable bonds is 5. The molecule has 1 aromatic heterocycles. The van der Waals surface area contributed by atoms with Crippen molar-refractivity contribution in [2.24, 2.45) is 11.3 Å². The van der Waals surface area contributed by atoms with E-state index >= 15 is 0 Å². The number of hydrogen-bond donors (Lipinski definition) is 1. The van der Waals surface area contributed by atoms with Crippen LogP contribution in [0.1, 0.15) is 71.4 Å². The fraction of sp³-hybridized carbons (Fsp3) is 0.765. The summed E-state index contributed by atoms with van der Waals surface area (Å²) in [5, 5.41) is 3.74. The highest BCUT2D eigenvalue weighted by Gasteiger charge is 2.32. The Hall–Kier alpha value is 0.240. The highest BCUT2D eigenvalue weighted by Crippen LogP contribution is 2.41. The van der Waals surface area contributed by atoms with Crippen LogP contribution in [0.15, 0.2) is 6.07 Å². The fourth-order valence-electron chi connectivity index (χ4n) is 3.42. The van der Waals surface area contributed by atoms with Gasteiger partial charge in [-0.05, 0) is 55.6 Å². The first-order valence-corrected chi connectivity index (χ1v) is 9.61. The predicted molar refractivity (Wildman–Crippen MR) is 95.7 cm³/mol. The lowest BCUT2D eigenvalue weighted by Crippen LogP contribution is -2.38. The molecule has 1 fully saturated rings. The summed E-state index contributed by atoms with van der Waals surface area (Å²) in [6.45, 7) is 9.34. The number of thiophene rings is 1. The molecule has 0 aromatic carbocycles. The highest BCUT2D eigenvalue weighted by atomic mass is 35.5. The van der Waals surface area contributed by atoms with Crippen molar-refractivity contribution in [3.8, 4) is 0 Å². The molecule has 120 valence electrons. The molecule has 0 bridgehead atoms. The van der Waals surface area contributed by atoms with Crippen molar-refractivity contribution in [3.05, 3.63) is 20.3 Å². The van der Waals surface area contributed by atoms with E-state index in [-0.39, 0.29) is 6.04 Å². The van der Waals surface area contributed by atoms with Gasteiger partial charge in [-0.2, -0.15) is 0 Å². The van der Waals surface area contributed by atoms with E-state index in [0.717, 1.165) is 20.2 Å². The summed E-state index contributed by atoms with van der Waals surface area (Å²) in [7, 11) is 0. The summed E-state index contributed by atoms with van der Waals surface area (Å²) in [6.07, 6.45) is 6.49. The van der Waals surface area contributed by atoms with E-state index in [4.69, 9.17) is 23.2 Å². The molecule has 1 saturated carbocycles. The first kappa shape index (κ1) is 17.6. The van der Waals surface area contributed by atoms with Gasteiger partial charge in [0, 0.05) is 12.1 Å². The minimum Gasteiger partial charge on any atom is -0.307 e. The molecule has 4 heteroatoms. The lowest BCUT2D eigenvalue weighted by Gasteiger charge is -2.39. The van der Waals surface area contributed by atoms with Crippen molar-refractivity contribution in [1.82, 2.24) is 5.32 Å². The molecule has 1 N–H and O–H groups in total. The first-order chi connectivity index (χ1) is 9.83. The second-order valence-electron chi connectivity index (χ2n) is 7.06. The molecular weight excluding hydrogens is 321 g/mol. The van der Waals surface area contributed by atoms with Crippen LogP contribution < -0.4 is 5.32 Å². The maximum Gasteiger partial charge on any atom is 0.0991 e. The maximum absolute atomic E-state index is 6.25. The molecule has 0 amide bonds. The Balaban J connectivity index is 1.87. The van der Waals surface area contributed by atoms with Crippen LogP contribution in [0.4, 0.5) is 0 Å². The summed E-state index contributed by atoms with van der Waals surface area (Å²) in [6, 6.07) is 2.89. The molecule has 21 heavy (non-hydrogen) atoms. The molecule has 0 radical (unpaired) electrons. The van der Waals surface area contributed by atoms with Crippen LogP contribution in [0.3, 0.4) is 0 Å².